The Morgan fingerprint density at radius 1 is 1.64 bits per heavy atom. The second-order valence-corrected chi connectivity index (χ2v) is 2.27. The molecule has 0 saturated heterocycles. The molecule has 0 unspecified atom stereocenters. The summed E-state index contributed by atoms with van der Waals surface area (Å²) in [5.74, 6) is -0.157. The van der Waals surface area contributed by atoms with Crippen molar-refractivity contribution in [3.63, 3.8) is 0 Å². The van der Waals surface area contributed by atoms with Gasteiger partial charge in [-0.1, -0.05) is 0 Å². The molecule has 0 bridgehead atoms. The summed E-state index contributed by atoms with van der Waals surface area (Å²) in [6.07, 6.45) is 0. The van der Waals surface area contributed by atoms with Crippen LogP contribution in [0.15, 0.2) is 11.2 Å². The zero-order valence-electron chi connectivity index (χ0n) is 6.42. The molecule has 1 aromatic rings. The van der Waals surface area contributed by atoms with E-state index in [0.29, 0.717) is 0 Å². The van der Waals surface area contributed by atoms with Gasteiger partial charge < -0.3 is 0 Å². The van der Waals surface area contributed by atoms with Gasteiger partial charge in [0.2, 0.25) is 0 Å². The first-order valence-electron chi connectivity index (χ1n) is 3.15. The Kier molecular flexibility index (Phi) is 1.80. The largest absolute Gasteiger partial charge is 0.264 e. The van der Waals surface area contributed by atoms with Crippen LogP contribution in [0.3, 0.4) is 0 Å². The standard InChI is InChI=1S/C6H9N5/c1-4-3-5(2)11(10-4)6(7)9-8/h3,7-8H,1-2H3. The molecule has 0 aromatic carbocycles. The fraction of sp³-hybridized carbons (Fsp3) is 0.333. The van der Waals surface area contributed by atoms with Crippen LogP contribution in [0.2, 0.25) is 0 Å². The molecule has 0 fully saturated rings. The third kappa shape index (κ3) is 1.31. The Morgan fingerprint density at radius 3 is 2.64 bits per heavy atom. The van der Waals surface area contributed by atoms with Crippen molar-refractivity contribution in [3.05, 3.63) is 17.5 Å². The van der Waals surface area contributed by atoms with E-state index in [2.05, 4.69) is 10.2 Å². The van der Waals surface area contributed by atoms with Crippen molar-refractivity contribution in [2.45, 2.75) is 13.8 Å². The first-order chi connectivity index (χ1) is 5.15. The molecule has 0 amide bonds. The lowest BCUT2D eigenvalue weighted by molar-refractivity contribution is 0.848. The minimum Gasteiger partial charge on any atom is -0.264 e. The van der Waals surface area contributed by atoms with Crippen molar-refractivity contribution in [2.75, 3.05) is 0 Å². The smallest absolute Gasteiger partial charge is 0.262 e. The fourth-order valence-corrected chi connectivity index (χ4v) is 0.891. The second kappa shape index (κ2) is 2.61. The first kappa shape index (κ1) is 7.59. The number of hydrogen-bond acceptors (Lipinski definition) is 3. The number of rotatable bonds is 0. The maximum atomic E-state index is 7.18. The van der Waals surface area contributed by atoms with Gasteiger partial charge in [-0.15, -0.1) is 5.11 Å². The summed E-state index contributed by atoms with van der Waals surface area (Å²) in [5, 5.41) is 14.1. The topological polar surface area (TPSA) is 77.9 Å². The Balaban J connectivity index is 3.12. The van der Waals surface area contributed by atoms with Crippen LogP contribution in [0.1, 0.15) is 11.4 Å². The maximum absolute atomic E-state index is 7.18. The average molecular weight is 151 g/mol. The van der Waals surface area contributed by atoms with Gasteiger partial charge in [0.1, 0.15) is 0 Å². The summed E-state index contributed by atoms with van der Waals surface area (Å²) in [4.78, 5) is 0. The Labute approximate surface area is 64.1 Å². The van der Waals surface area contributed by atoms with Crippen molar-refractivity contribution in [1.29, 1.82) is 10.9 Å². The monoisotopic (exact) mass is 151 g/mol. The molecule has 0 saturated carbocycles. The van der Waals surface area contributed by atoms with E-state index in [1.54, 1.807) is 0 Å². The summed E-state index contributed by atoms with van der Waals surface area (Å²) in [6.45, 7) is 3.65. The number of aromatic nitrogens is 2. The van der Waals surface area contributed by atoms with E-state index < -0.39 is 0 Å². The molecular formula is C6H9N5. The lowest BCUT2D eigenvalue weighted by atomic mass is 10.4. The van der Waals surface area contributed by atoms with Crippen molar-refractivity contribution in [3.8, 4) is 0 Å². The summed E-state index contributed by atoms with van der Waals surface area (Å²) in [5.41, 5.74) is 8.24. The summed E-state index contributed by atoms with van der Waals surface area (Å²) in [6, 6.07) is 1.83. The molecule has 0 radical (unpaired) electrons. The van der Waals surface area contributed by atoms with Crippen LogP contribution in [-0.2, 0) is 0 Å². The molecule has 11 heavy (non-hydrogen) atoms. The third-order valence-electron chi connectivity index (χ3n) is 1.32. The zero-order chi connectivity index (χ0) is 8.43. The van der Waals surface area contributed by atoms with E-state index in [-0.39, 0.29) is 5.96 Å². The van der Waals surface area contributed by atoms with Crippen LogP contribution >= 0.6 is 0 Å². The molecule has 1 heterocycles. The lowest BCUT2D eigenvalue weighted by Gasteiger charge is -1.96. The molecule has 0 atom stereocenters. The quantitative estimate of drug-likeness (QED) is 0.327. The number of nitrogens with zero attached hydrogens (tertiary/aromatic N) is 3. The van der Waals surface area contributed by atoms with Gasteiger partial charge in [-0.25, -0.2) is 10.2 Å². The van der Waals surface area contributed by atoms with Gasteiger partial charge in [0, 0.05) is 5.69 Å². The fourth-order valence-electron chi connectivity index (χ4n) is 0.891. The van der Waals surface area contributed by atoms with Gasteiger partial charge in [-0.2, -0.15) is 5.10 Å². The molecule has 1 aromatic heterocycles. The van der Waals surface area contributed by atoms with E-state index in [9.17, 15) is 0 Å². The lowest BCUT2D eigenvalue weighted by Crippen LogP contribution is -2.10. The van der Waals surface area contributed by atoms with E-state index in [1.165, 1.54) is 4.68 Å². The van der Waals surface area contributed by atoms with Crippen LogP contribution in [-0.4, -0.2) is 15.7 Å². The van der Waals surface area contributed by atoms with Crippen molar-refractivity contribution in [2.24, 2.45) is 5.11 Å². The van der Waals surface area contributed by atoms with Crippen LogP contribution in [0, 0.1) is 24.8 Å². The molecule has 0 aliphatic heterocycles. The normalized spacial score (nSPS) is 9.64. The highest BCUT2D eigenvalue weighted by molar-refractivity contribution is 5.78. The average Bonchev–Trinajstić information content (AvgIpc) is 2.28. The molecule has 5 nitrogen and oxygen atoms in total. The second-order valence-electron chi connectivity index (χ2n) is 2.27. The maximum Gasteiger partial charge on any atom is 0.262 e. The molecule has 2 N–H and O–H groups in total. The minimum atomic E-state index is -0.157. The van der Waals surface area contributed by atoms with Crippen molar-refractivity contribution in [1.82, 2.24) is 9.78 Å². The van der Waals surface area contributed by atoms with Crippen molar-refractivity contribution >= 4 is 5.96 Å². The first-order valence-corrected chi connectivity index (χ1v) is 3.15. The minimum absolute atomic E-state index is 0.157. The Bertz CT molecular complexity index is 298. The number of nitrogens with one attached hydrogen (secondary N) is 2. The summed E-state index contributed by atoms with van der Waals surface area (Å²) < 4.78 is 1.32. The Morgan fingerprint density at radius 2 is 2.27 bits per heavy atom. The predicted octanol–water partition coefficient (Wildman–Crippen LogP) is 1.31. The summed E-state index contributed by atoms with van der Waals surface area (Å²) in [7, 11) is 0. The van der Waals surface area contributed by atoms with Gasteiger partial charge in [0.05, 0.1) is 5.69 Å². The summed E-state index contributed by atoms with van der Waals surface area (Å²) >= 11 is 0. The molecule has 5 heteroatoms. The number of aryl methyl sites for hydroxylation is 2. The number of hydrogen-bond donors (Lipinski definition) is 2. The highest BCUT2D eigenvalue weighted by Gasteiger charge is 2.03. The van der Waals surface area contributed by atoms with Crippen molar-refractivity contribution < 1.29 is 0 Å². The van der Waals surface area contributed by atoms with E-state index in [0.717, 1.165) is 11.4 Å². The van der Waals surface area contributed by atoms with Gasteiger partial charge in [-0.3, -0.25) is 5.41 Å². The van der Waals surface area contributed by atoms with E-state index >= 15 is 0 Å². The molecular weight excluding hydrogens is 142 g/mol. The van der Waals surface area contributed by atoms with Gasteiger partial charge >= 0.3 is 0 Å². The third-order valence-corrected chi connectivity index (χ3v) is 1.32. The van der Waals surface area contributed by atoms with Crippen LogP contribution in [0.25, 0.3) is 0 Å². The van der Waals surface area contributed by atoms with Gasteiger partial charge in [0.15, 0.2) is 0 Å². The highest BCUT2D eigenvalue weighted by atomic mass is 15.4. The molecule has 58 valence electrons. The van der Waals surface area contributed by atoms with Crippen LogP contribution in [0.4, 0.5) is 0 Å². The molecule has 0 spiro atoms. The predicted molar refractivity (Wildman–Crippen MR) is 40.0 cm³/mol. The van der Waals surface area contributed by atoms with Crippen LogP contribution < -0.4 is 0 Å². The Hall–Kier alpha value is -1.52. The van der Waals surface area contributed by atoms with Gasteiger partial charge in [0.25, 0.3) is 5.96 Å². The molecule has 1 rings (SSSR count). The SMILES string of the molecule is Cc1cc(C)n(C(=N)N=N)n1. The van der Waals surface area contributed by atoms with Crippen LogP contribution in [0.5, 0.6) is 0 Å². The van der Waals surface area contributed by atoms with Gasteiger partial charge in [-0.05, 0) is 19.9 Å². The molecule has 0 aliphatic carbocycles. The van der Waals surface area contributed by atoms with E-state index in [4.69, 9.17) is 10.9 Å². The zero-order valence-corrected chi connectivity index (χ0v) is 6.42. The molecule has 0 aliphatic rings. The highest BCUT2D eigenvalue weighted by Crippen LogP contribution is 2.00. The van der Waals surface area contributed by atoms with E-state index in [1.807, 2.05) is 19.9 Å².